The first kappa shape index (κ1) is 16.9. The Kier molecular flexibility index (Phi) is 5.18. The molecule has 2 rings (SSSR count). The van der Waals surface area contributed by atoms with E-state index in [4.69, 9.17) is 4.74 Å². The normalized spacial score (nSPS) is 19.1. The molecular weight excluding hydrogens is 299 g/mol. The molecule has 7 heteroatoms. The van der Waals surface area contributed by atoms with Crippen LogP contribution in [0.4, 0.5) is 13.2 Å². The number of alkyl halides is 3. The van der Waals surface area contributed by atoms with Crippen LogP contribution in [0.2, 0.25) is 0 Å². The van der Waals surface area contributed by atoms with Crippen LogP contribution in [-0.2, 0) is 6.54 Å². The molecule has 1 fully saturated rings. The van der Waals surface area contributed by atoms with E-state index in [1.165, 1.54) is 13.2 Å². The van der Waals surface area contributed by atoms with Crippen molar-refractivity contribution in [2.24, 2.45) is 5.92 Å². The number of phenolic OH excluding ortho intramolecular Hbond substituents is 1. The molecule has 1 aliphatic rings. The number of phenols is 1. The van der Waals surface area contributed by atoms with Gasteiger partial charge in [-0.05, 0) is 50.0 Å². The summed E-state index contributed by atoms with van der Waals surface area (Å²) in [6, 6.07) is 4.89. The molecule has 4 nitrogen and oxygen atoms in total. The summed E-state index contributed by atoms with van der Waals surface area (Å²) in [7, 11) is 1.53. The Morgan fingerprint density at radius 3 is 2.50 bits per heavy atom. The fraction of sp³-hybridized carbons (Fsp3) is 0.600. The van der Waals surface area contributed by atoms with Gasteiger partial charge in [0.2, 0.25) is 0 Å². The number of likely N-dealkylation sites (tertiary alicyclic amines) is 1. The zero-order chi connectivity index (χ0) is 16.3. The lowest BCUT2D eigenvalue weighted by atomic mass is 9.90. The third-order valence-electron chi connectivity index (χ3n) is 4.09. The lowest BCUT2D eigenvalue weighted by molar-refractivity contribution is -0.223. The molecule has 0 aliphatic carbocycles. The second-order valence-corrected chi connectivity index (χ2v) is 5.59. The van der Waals surface area contributed by atoms with Crippen molar-refractivity contribution in [3.8, 4) is 11.5 Å². The zero-order valence-corrected chi connectivity index (χ0v) is 12.3. The van der Waals surface area contributed by atoms with Crippen molar-refractivity contribution < 1.29 is 28.1 Å². The van der Waals surface area contributed by atoms with Crippen LogP contribution in [-0.4, -0.2) is 47.6 Å². The lowest BCUT2D eigenvalue weighted by Gasteiger charge is -2.34. The summed E-state index contributed by atoms with van der Waals surface area (Å²) in [6.07, 6.45) is -6.24. The zero-order valence-electron chi connectivity index (χ0n) is 12.3. The van der Waals surface area contributed by atoms with E-state index in [2.05, 4.69) is 0 Å². The minimum Gasteiger partial charge on any atom is -0.508 e. The van der Waals surface area contributed by atoms with Crippen molar-refractivity contribution in [1.29, 1.82) is 0 Å². The maximum absolute atomic E-state index is 12.5. The quantitative estimate of drug-likeness (QED) is 0.895. The molecule has 1 aliphatic heterocycles. The fourth-order valence-corrected chi connectivity index (χ4v) is 2.75. The Labute approximate surface area is 127 Å². The van der Waals surface area contributed by atoms with Gasteiger partial charge in [0, 0.05) is 12.1 Å². The molecule has 0 saturated carbocycles. The molecule has 0 radical (unpaired) electrons. The number of hydrogen-bond donors (Lipinski definition) is 2. The van der Waals surface area contributed by atoms with Crippen LogP contribution in [0.25, 0.3) is 0 Å². The van der Waals surface area contributed by atoms with Crippen molar-refractivity contribution in [1.82, 2.24) is 4.90 Å². The SMILES string of the molecule is COc1ccc(O)c(CN2CCC(C(O)C(F)(F)F)CC2)c1. The number of ether oxygens (including phenoxy) is 1. The van der Waals surface area contributed by atoms with Crippen LogP contribution in [0.3, 0.4) is 0 Å². The molecule has 124 valence electrons. The molecule has 0 amide bonds. The molecule has 22 heavy (non-hydrogen) atoms. The van der Waals surface area contributed by atoms with E-state index in [0.29, 0.717) is 30.9 Å². The highest BCUT2D eigenvalue weighted by atomic mass is 19.4. The second-order valence-electron chi connectivity index (χ2n) is 5.59. The van der Waals surface area contributed by atoms with Gasteiger partial charge in [-0.3, -0.25) is 4.90 Å². The molecule has 1 atom stereocenters. The number of aromatic hydroxyl groups is 1. The number of methoxy groups -OCH3 is 1. The highest BCUT2D eigenvalue weighted by Gasteiger charge is 2.44. The first-order chi connectivity index (χ1) is 10.3. The first-order valence-corrected chi connectivity index (χ1v) is 7.14. The molecule has 0 spiro atoms. The smallest absolute Gasteiger partial charge is 0.414 e. The summed E-state index contributed by atoms with van der Waals surface area (Å²) in [5.74, 6) is 0.00332. The predicted molar refractivity (Wildman–Crippen MR) is 74.7 cm³/mol. The molecule has 2 N–H and O–H groups in total. The van der Waals surface area contributed by atoms with Crippen LogP contribution in [0.1, 0.15) is 18.4 Å². The monoisotopic (exact) mass is 319 g/mol. The van der Waals surface area contributed by atoms with Crippen molar-refractivity contribution >= 4 is 0 Å². The molecule has 0 aromatic heterocycles. The Bertz CT molecular complexity index is 499. The van der Waals surface area contributed by atoms with Gasteiger partial charge < -0.3 is 14.9 Å². The van der Waals surface area contributed by atoms with E-state index < -0.39 is 18.2 Å². The summed E-state index contributed by atoms with van der Waals surface area (Å²) in [4.78, 5) is 1.97. The van der Waals surface area contributed by atoms with Crippen LogP contribution < -0.4 is 4.74 Å². The maximum atomic E-state index is 12.5. The highest BCUT2D eigenvalue weighted by Crippen LogP contribution is 2.32. The van der Waals surface area contributed by atoms with Gasteiger partial charge in [0.1, 0.15) is 11.5 Å². The van der Waals surface area contributed by atoms with Crippen molar-refractivity contribution in [3.63, 3.8) is 0 Å². The maximum Gasteiger partial charge on any atom is 0.414 e. The highest BCUT2D eigenvalue weighted by molar-refractivity contribution is 5.39. The number of aliphatic hydroxyl groups excluding tert-OH is 1. The molecule has 1 aromatic rings. The Hall–Kier alpha value is -1.47. The number of hydrogen-bond acceptors (Lipinski definition) is 4. The van der Waals surface area contributed by atoms with Gasteiger partial charge in [-0.1, -0.05) is 0 Å². The average Bonchev–Trinajstić information content (AvgIpc) is 2.48. The summed E-state index contributed by atoms with van der Waals surface area (Å²) in [6.45, 7) is 1.35. The van der Waals surface area contributed by atoms with Crippen LogP contribution >= 0.6 is 0 Å². The molecule has 1 aromatic carbocycles. The number of halogens is 3. The minimum atomic E-state index is -4.56. The lowest BCUT2D eigenvalue weighted by Crippen LogP contribution is -2.43. The van der Waals surface area contributed by atoms with Gasteiger partial charge in [-0.15, -0.1) is 0 Å². The number of rotatable bonds is 4. The average molecular weight is 319 g/mol. The third kappa shape index (κ3) is 4.04. The van der Waals surface area contributed by atoms with Gasteiger partial charge >= 0.3 is 6.18 Å². The van der Waals surface area contributed by atoms with E-state index in [9.17, 15) is 23.4 Å². The second kappa shape index (κ2) is 6.75. The summed E-state index contributed by atoms with van der Waals surface area (Å²) in [5.41, 5.74) is 0.675. The largest absolute Gasteiger partial charge is 0.508 e. The van der Waals surface area contributed by atoms with Gasteiger partial charge in [-0.25, -0.2) is 0 Å². The number of benzene rings is 1. The van der Waals surface area contributed by atoms with Gasteiger partial charge in [0.05, 0.1) is 7.11 Å². The number of nitrogens with zero attached hydrogens (tertiary/aromatic N) is 1. The van der Waals surface area contributed by atoms with Crippen LogP contribution in [0, 0.1) is 5.92 Å². The molecular formula is C15H20F3NO3. The van der Waals surface area contributed by atoms with E-state index in [1.807, 2.05) is 4.90 Å². The van der Waals surface area contributed by atoms with E-state index in [0.717, 1.165) is 0 Å². The molecule has 0 bridgehead atoms. The molecule has 1 unspecified atom stereocenters. The Morgan fingerprint density at radius 1 is 1.32 bits per heavy atom. The predicted octanol–water partition coefficient (Wildman–Crippen LogP) is 2.54. The molecule has 1 saturated heterocycles. The number of aliphatic hydroxyl groups is 1. The number of piperidine rings is 1. The van der Waals surface area contributed by atoms with Crippen molar-refractivity contribution in [2.75, 3.05) is 20.2 Å². The van der Waals surface area contributed by atoms with Gasteiger partial charge in [-0.2, -0.15) is 13.2 Å². The Morgan fingerprint density at radius 2 is 1.95 bits per heavy atom. The van der Waals surface area contributed by atoms with Crippen molar-refractivity contribution in [3.05, 3.63) is 23.8 Å². The summed E-state index contributed by atoms with van der Waals surface area (Å²) in [5, 5.41) is 19.1. The minimum absolute atomic E-state index is 0.137. The topological polar surface area (TPSA) is 52.9 Å². The van der Waals surface area contributed by atoms with E-state index >= 15 is 0 Å². The van der Waals surface area contributed by atoms with Gasteiger partial charge in [0.25, 0.3) is 0 Å². The third-order valence-corrected chi connectivity index (χ3v) is 4.09. The molecule has 1 heterocycles. The van der Waals surface area contributed by atoms with E-state index in [-0.39, 0.29) is 18.6 Å². The Balaban J connectivity index is 1.93. The first-order valence-electron chi connectivity index (χ1n) is 7.14. The summed E-state index contributed by atoms with van der Waals surface area (Å²) >= 11 is 0. The fourth-order valence-electron chi connectivity index (χ4n) is 2.75. The van der Waals surface area contributed by atoms with Gasteiger partial charge in [0.15, 0.2) is 6.10 Å². The standard InChI is InChI=1S/C15H20F3NO3/c1-22-12-2-3-13(20)11(8-12)9-19-6-4-10(5-7-19)14(21)15(16,17)18/h2-3,8,10,14,20-21H,4-7,9H2,1H3. The van der Waals surface area contributed by atoms with Crippen LogP contribution in [0.15, 0.2) is 18.2 Å². The summed E-state index contributed by atoms with van der Waals surface area (Å²) < 4.78 is 42.6. The van der Waals surface area contributed by atoms with Crippen molar-refractivity contribution in [2.45, 2.75) is 31.7 Å². The van der Waals surface area contributed by atoms with Crippen LogP contribution in [0.5, 0.6) is 11.5 Å². The van der Waals surface area contributed by atoms with E-state index in [1.54, 1.807) is 12.1 Å².